The van der Waals surface area contributed by atoms with Gasteiger partial charge in [-0.15, -0.1) is 0 Å². The summed E-state index contributed by atoms with van der Waals surface area (Å²) in [4.78, 5) is 27.3. The van der Waals surface area contributed by atoms with Gasteiger partial charge in [-0.05, 0) is 50.1 Å². The Balaban J connectivity index is 1.78. The number of esters is 1. The summed E-state index contributed by atoms with van der Waals surface area (Å²) in [5.74, 6) is -0.0152. The highest BCUT2D eigenvalue weighted by Gasteiger charge is 2.34. The van der Waals surface area contributed by atoms with Crippen molar-refractivity contribution in [1.82, 2.24) is 0 Å². The standard InChI is InChI=1S/C21H23NO5/c1-13-11-15-7-5-6-8-18(15)22(13)20(23)14(2)27-21(24)17-12-16(25-3)9-10-19(17)26-4/h5-10,12-14H,11H2,1-4H3/t13-,14+/m1/s1. The van der Waals surface area contributed by atoms with E-state index in [0.717, 1.165) is 17.7 Å². The van der Waals surface area contributed by atoms with Crippen LogP contribution in [0.5, 0.6) is 11.5 Å². The van der Waals surface area contributed by atoms with Gasteiger partial charge in [0, 0.05) is 11.7 Å². The van der Waals surface area contributed by atoms with E-state index in [1.165, 1.54) is 20.3 Å². The van der Waals surface area contributed by atoms with Crippen LogP contribution in [0.3, 0.4) is 0 Å². The lowest BCUT2D eigenvalue weighted by molar-refractivity contribution is -0.126. The van der Waals surface area contributed by atoms with E-state index >= 15 is 0 Å². The van der Waals surface area contributed by atoms with Crippen molar-refractivity contribution in [2.45, 2.75) is 32.4 Å². The molecule has 0 bridgehead atoms. The molecule has 142 valence electrons. The Kier molecular flexibility index (Phi) is 5.35. The molecule has 0 saturated carbocycles. The maximum Gasteiger partial charge on any atom is 0.342 e. The molecule has 1 aliphatic rings. The van der Waals surface area contributed by atoms with Gasteiger partial charge < -0.3 is 19.1 Å². The van der Waals surface area contributed by atoms with Crippen LogP contribution in [0, 0.1) is 0 Å². The van der Waals surface area contributed by atoms with Crippen molar-refractivity contribution < 1.29 is 23.8 Å². The van der Waals surface area contributed by atoms with Crippen LogP contribution in [0.4, 0.5) is 5.69 Å². The average molecular weight is 369 g/mol. The van der Waals surface area contributed by atoms with Crippen molar-refractivity contribution in [1.29, 1.82) is 0 Å². The van der Waals surface area contributed by atoms with E-state index in [2.05, 4.69) is 0 Å². The van der Waals surface area contributed by atoms with Gasteiger partial charge in [-0.25, -0.2) is 4.79 Å². The number of anilines is 1. The van der Waals surface area contributed by atoms with E-state index in [9.17, 15) is 9.59 Å². The predicted molar refractivity (Wildman–Crippen MR) is 102 cm³/mol. The summed E-state index contributed by atoms with van der Waals surface area (Å²) in [6, 6.07) is 12.6. The van der Waals surface area contributed by atoms with Crippen LogP contribution in [0.1, 0.15) is 29.8 Å². The highest BCUT2D eigenvalue weighted by molar-refractivity contribution is 6.01. The Labute approximate surface area is 158 Å². The summed E-state index contributed by atoms with van der Waals surface area (Å²) in [7, 11) is 2.98. The summed E-state index contributed by atoms with van der Waals surface area (Å²) in [6.07, 6.45) is -0.145. The molecular weight excluding hydrogens is 346 g/mol. The third-order valence-electron chi connectivity index (χ3n) is 4.70. The molecular formula is C21H23NO5. The van der Waals surface area contributed by atoms with Gasteiger partial charge in [0.05, 0.1) is 14.2 Å². The number of amides is 1. The van der Waals surface area contributed by atoms with E-state index < -0.39 is 12.1 Å². The number of fused-ring (bicyclic) bond motifs is 1. The molecule has 2 aromatic carbocycles. The van der Waals surface area contributed by atoms with Gasteiger partial charge in [0.2, 0.25) is 0 Å². The minimum Gasteiger partial charge on any atom is -0.497 e. The third kappa shape index (κ3) is 3.60. The van der Waals surface area contributed by atoms with Crippen molar-refractivity contribution in [2.75, 3.05) is 19.1 Å². The lowest BCUT2D eigenvalue weighted by Crippen LogP contribution is -2.43. The Morgan fingerprint density at radius 1 is 1.11 bits per heavy atom. The lowest BCUT2D eigenvalue weighted by Gasteiger charge is -2.26. The number of nitrogens with zero attached hydrogens (tertiary/aromatic N) is 1. The van der Waals surface area contributed by atoms with Crippen molar-refractivity contribution >= 4 is 17.6 Å². The van der Waals surface area contributed by atoms with Crippen LogP contribution in [-0.4, -0.2) is 38.2 Å². The number of rotatable bonds is 5. The first-order chi connectivity index (χ1) is 13.0. The first kappa shape index (κ1) is 18.8. The number of methoxy groups -OCH3 is 2. The second-order valence-corrected chi connectivity index (χ2v) is 6.50. The smallest absolute Gasteiger partial charge is 0.342 e. The zero-order valence-corrected chi connectivity index (χ0v) is 15.9. The molecule has 1 amide bonds. The quantitative estimate of drug-likeness (QED) is 0.757. The van der Waals surface area contributed by atoms with Crippen molar-refractivity contribution in [3.8, 4) is 11.5 Å². The van der Waals surface area contributed by atoms with Crippen molar-refractivity contribution in [3.05, 3.63) is 53.6 Å². The molecule has 3 rings (SSSR count). The fourth-order valence-corrected chi connectivity index (χ4v) is 3.35. The topological polar surface area (TPSA) is 65.1 Å². The second-order valence-electron chi connectivity index (χ2n) is 6.50. The van der Waals surface area contributed by atoms with E-state index in [1.54, 1.807) is 24.0 Å². The fourth-order valence-electron chi connectivity index (χ4n) is 3.35. The number of carbonyl (C=O) groups excluding carboxylic acids is 2. The molecule has 0 saturated heterocycles. The molecule has 0 N–H and O–H groups in total. The minimum absolute atomic E-state index is 0.0161. The maximum atomic E-state index is 13.0. The van der Waals surface area contributed by atoms with Gasteiger partial charge in [0.1, 0.15) is 17.1 Å². The number of hydrogen-bond donors (Lipinski definition) is 0. The first-order valence-corrected chi connectivity index (χ1v) is 8.80. The molecule has 0 radical (unpaired) electrons. The van der Waals surface area contributed by atoms with E-state index in [1.807, 2.05) is 31.2 Å². The molecule has 6 nitrogen and oxygen atoms in total. The fraction of sp³-hybridized carbons (Fsp3) is 0.333. The summed E-state index contributed by atoms with van der Waals surface area (Å²) in [6.45, 7) is 3.57. The average Bonchev–Trinajstić information content (AvgIpc) is 3.02. The van der Waals surface area contributed by atoms with Gasteiger partial charge in [0.25, 0.3) is 5.91 Å². The first-order valence-electron chi connectivity index (χ1n) is 8.80. The zero-order chi connectivity index (χ0) is 19.6. The summed E-state index contributed by atoms with van der Waals surface area (Å²) in [5, 5.41) is 0. The molecule has 2 atom stereocenters. The van der Waals surface area contributed by atoms with Crippen molar-refractivity contribution in [3.63, 3.8) is 0 Å². The van der Waals surface area contributed by atoms with Crippen LogP contribution in [0.25, 0.3) is 0 Å². The summed E-state index contributed by atoms with van der Waals surface area (Å²) < 4.78 is 15.8. The largest absolute Gasteiger partial charge is 0.497 e. The SMILES string of the molecule is COc1ccc(OC)c(C(=O)O[C@@H](C)C(=O)N2c3ccccc3C[C@H]2C)c1. The molecule has 6 heteroatoms. The van der Waals surface area contributed by atoms with Gasteiger partial charge in [-0.2, -0.15) is 0 Å². The molecule has 0 aromatic heterocycles. The molecule has 27 heavy (non-hydrogen) atoms. The van der Waals surface area contributed by atoms with Gasteiger partial charge in [-0.1, -0.05) is 18.2 Å². The molecule has 0 aliphatic carbocycles. The van der Waals surface area contributed by atoms with Crippen LogP contribution >= 0.6 is 0 Å². The van der Waals surface area contributed by atoms with E-state index in [4.69, 9.17) is 14.2 Å². The Morgan fingerprint density at radius 2 is 1.85 bits per heavy atom. The normalized spacial score (nSPS) is 16.4. The van der Waals surface area contributed by atoms with Crippen LogP contribution in [0.15, 0.2) is 42.5 Å². The zero-order valence-electron chi connectivity index (χ0n) is 15.9. The van der Waals surface area contributed by atoms with Gasteiger partial charge in [-0.3, -0.25) is 4.79 Å². The maximum absolute atomic E-state index is 13.0. The summed E-state index contributed by atoms with van der Waals surface area (Å²) >= 11 is 0. The van der Waals surface area contributed by atoms with Gasteiger partial charge in [0.15, 0.2) is 6.10 Å². The molecule has 2 aromatic rings. The second kappa shape index (κ2) is 7.70. The Hall–Kier alpha value is -3.02. The summed E-state index contributed by atoms with van der Waals surface area (Å²) in [5.41, 5.74) is 2.20. The van der Waals surface area contributed by atoms with Crippen molar-refractivity contribution in [2.24, 2.45) is 0 Å². The number of benzene rings is 2. The van der Waals surface area contributed by atoms with E-state index in [0.29, 0.717) is 11.5 Å². The Bertz CT molecular complexity index is 863. The van der Waals surface area contributed by atoms with Crippen LogP contribution < -0.4 is 14.4 Å². The number of para-hydroxylation sites is 1. The van der Waals surface area contributed by atoms with Gasteiger partial charge >= 0.3 is 5.97 Å². The highest BCUT2D eigenvalue weighted by Crippen LogP contribution is 2.33. The third-order valence-corrected chi connectivity index (χ3v) is 4.70. The molecule has 0 spiro atoms. The number of hydrogen-bond acceptors (Lipinski definition) is 5. The lowest BCUT2D eigenvalue weighted by atomic mass is 10.1. The number of ether oxygens (including phenoxy) is 3. The monoisotopic (exact) mass is 369 g/mol. The van der Waals surface area contributed by atoms with E-state index in [-0.39, 0.29) is 17.5 Å². The minimum atomic E-state index is -0.929. The van der Waals surface area contributed by atoms with Crippen LogP contribution in [-0.2, 0) is 16.0 Å². The molecule has 0 fully saturated rings. The molecule has 1 heterocycles. The molecule has 1 aliphatic heterocycles. The van der Waals surface area contributed by atoms with Crippen LogP contribution in [0.2, 0.25) is 0 Å². The predicted octanol–water partition coefficient (Wildman–Crippen LogP) is 3.23. The highest BCUT2D eigenvalue weighted by atomic mass is 16.5. The number of carbonyl (C=O) groups is 2. The Morgan fingerprint density at radius 3 is 2.56 bits per heavy atom. The molecule has 0 unspecified atom stereocenters.